The molecule has 0 amide bonds. The topological polar surface area (TPSA) is 29.3 Å². The fourth-order valence-electron chi connectivity index (χ4n) is 2.62. The summed E-state index contributed by atoms with van der Waals surface area (Å²) in [4.78, 5) is 3.81. The van der Waals surface area contributed by atoms with Crippen LogP contribution in [0.15, 0.2) is 24.3 Å². The summed E-state index contributed by atoms with van der Waals surface area (Å²) in [6, 6.07) is 9.29. The lowest BCUT2D eigenvalue weighted by Gasteiger charge is -2.26. The maximum Gasteiger partial charge on any atom is 0.0349 e. The van der Waals surface area contributed by atoms with E-state index in [1.165, 1.54) is 32.7 Å². The first-order valence-electron chi connectivity index (χ1n) is 7.09. The molecule has 2 N–H and O–H groups in total. The molecule has 0 spiro atoms. The average Bonchev–Trinajstić information content (AvgIpc) is 2.82. The number of fused-ring (bicyclic) bond motifs is 1. The van der Waals surface area contributed by atoms with E-state index >= 15 is 0 Å². The smallest absolute Gasteiger partial charge is 0.0349 e. The predicted octanol–water partition coefficient (Wildman–Crippen LogP) is 3.93. The summed E-state index contributed by atoms with van der Waals surface area (Å²) in [5, 5.41) is 1.38. The Balaban J connectivity index is 2.27. The molecule has 0 aliphatic carbocycles. The van der Waals surface area contributed by atoms with Gasteiger partial charge in [-0.15, -0.1) is 11.3 Å². The quantitative estimate of drug-likeness (QED) is 0.840. The van der Waals surface area contributed by atoms with E-state index in [1.54, 1.807) is 0 Å². The number of nitrogens with two attached hydrogens (primary N) is 1. The zero-order valence-corrected chi connectivity index (χ0v) is 14.2. The van der Waals surface area contributed by atoms with Crippen LogP contribution in [0.4, 0.5) is 0 Å². The number of hydrogen-bond acceptors (Lipinski definition) is 4. The molecule has 1 unspecified atom stereocenters. The minimum absolute atomic E-state index is 0.634. The molecular formula is C16H24N2S2. The Bertz CT molecular complexity index is 550. The van der Waals surface area contributed by atoms with Crippen LogP contribution in [-0.4, -0.2) is 30.0 Å². The van der Waals surface area contributed by atoms with Gasteiger partial charge in [-0.25, -0.2) is 0 Å². The Morgan fingerprint density at radius 1 is 1.35 bits per heavy atom. The summed E-state index contributed by atoms with van der Waals surface area (Å²) in [6.07, 6.45) is 3.37. The highest BCUT2D eigenvalue weighted by molar-refractivity contribution is 7.98. The average molecular weight is 309 g/mol. The summed E-state index contributed by atoms with van der Waals surface area (Å²) in [5.41, 5.74) is 7.37. The van der Waals surface area contributed by atoms with Crippen LogP contribution < -0.4 is 5.73 Å². The van der Waals surface area contributed by atoms with Gasteiger partial charge in [0.1, 0.15) is 0 Å². The number of benzene rings is 1. The molecule has 2 rings (SSSR count). The molecule has 1 aromatic carbocycles. The first-order valence-corrected chi connectivity index (χ1v) is 9.30. The Hall–Kier alpha value is -0.550. The number of thiophene rings is 1. The van der Waals surface area contributed by atoms with Crippen molar-refractivity contribution in [2.24, 2.45) is 5.73 Å². The first-order chi connectivity index (χ1) is 9.71. The van der Waals surface area contributed by atoms with E-state index < -0.39 is 0 Å². The van der Waals surface area contributed by atoms with Gasteiger partial charge < -0.3 is 5.73 Å². The predicted molar refractivity (Wildman–Crippen MR) is 93.6 cm³/mol. The third-order valence-electron chi connectivity index (χ3n) is 3.83. The minimum atomic E-state index is 0.634. The molecule has 0 saturated heterocycles. The summed E-state index contributed by atoms with van der Waals surface area (Å²) in [5.74, 6) is 1.19. The Kier molecular flexibility index (Phi) is 5.90. The van der Waals surface area contributed by atoms with Crippen LogP contribution >= 0.6 is 23.1 Å². The molecule has 0 radical (unpaired) electrons. The van der Waals surface area contributed by atoms with Gasteiger partial charge >= 0.3 is 0 Å². The van der Waals surface area contributed by atoms with Gasteiger partial charge in [-0.3, -0.25) is 4.90 Å². The maximum absolute atomic E-state index is 5.95. The molecule has 0 saturated carbocycles. The molecular weight excluding hydrogens is 284 g/mol. The Morgan fingerprint density at radius 3 is 2.75 bits per heavy atom. The fraction of sp³-hybridized carbons (Fsp3) is 0.500. The number of thioether (sulfide) groups is 1. The van der Waals surface area contributed by atoms with E-state index in [1.807, 2.05) is 23.1 Å². The molecule has 110 valence electrons. The summed E-state index contributed by atoms with van der Waals surface area (Å²) in [7, 11) is 2.23. The van der Waals surface area contributed by atoms with Crippen molar-refractivity contribution >= 4 is 33.2 Å². The second kappa shape index (κ2) is 7.46. The Morgan fingerprint density at radius 2 is 2.10 bits per heavy atom. The highest BCUT2D eigenvalue weighted by Crippen LogP contribution is 2.32. The second-order valence-electron chi connectivity index (χ2n) is 5.14. The molecule has 2 aromatic rings. The highest BCUT2D eigenvalue weighted by atomic mass is 32.2. The molecule has 0 bridgehead atoms. The summed E-state index contributed by atoms with van der Waals surface area (Å²) in [6.45, 7) is 3.91. The Labute approximate surface area is 130 Å². The lowest BCUT2D eigenvalue weighted by molar-refractivity contribution is 0.248. The van der Waals surface area contributed by atoms with Crippen LogP contribution in [0.25, 0.3) is 10.1 Å². The van der Waals surface area contributed by atoms with E-state index in [4.69, 9.17) is 5.73 Å². The highest BCUT2D eigenvalue weighted by Gasteiger charge is 2.17. The minimum Gasteiger partial charge on any atom is -0.326 e. The second-order valence-corrected chi connectivity index (χ2v) is 7.18. The van der Waals surface area contributed by atoms with E-state index in [0.717, 1.165) is 6.54 Å². The third kappa shape index (κ3) is 3.37. The SMILES string of the molecule is CCC(CSC)N(C)Cc1c(CN)sc2ccccc12. The molecule has 0 aliphatic rings. The van der Waals surface area contributed by atoms with Crippen molar-refractivity contribution in [2.45, 2.75) is 32.5 Å². The van der Waals surface area contributed by atoms with Crippen molar-refractivity contribution in [3.8, 4) is 0 Å². The fourth-order valence-corrected chi connectivity index (χ4v) is 4.58. The van der Waals surface area contributed by atoms with Crippen LogP contribution in [0.5, 0.6) is 0 Å². The van der Waals surface area contributed by atoms with Gasteiger partial charge in [0, 0.05) is 34.5 Å². The third-order valence-corrected chi connectivity index (χ3v) is 5.78. The van der Waals surface area contributed by atoms with Crippen LogP contribution in [0.2, 0.25) is 0 Å². The monoisotopic (exact) mass is 308 g/mol. The molecule has 2 nitrogen and oxygen atoms in total. The molecule has 1 aromatic heterocycles. The van der Waals surface area contributed by atoms with Crippen molar-refractivity contribution in [1.29, 1.82) is 0 Å². The molecule has 20 heavy (non-hydrogen) atoms. The van der Waals surface area contributed by atoms with E-state index in [2.05, 4.69) is 49.4 Å². The van der Waals surface area contributed by atoms with Crippen molar-refractivity contribution < 1.29 is 0 Å². The molecule has 0 fully saturated rings. The van der Waals surface area contributed by atoms with E-state index in [9.17, 15) is 0 Å². The number of hydrogen-bond donors (Lipinski definition) is 1. The lowest BCUT2D eigenvalue weighted by Crippen LogP contribution is -2.32. The summed E-state index contributed by atoms with van der Waals surface area (Å²) >= 11 is 3.77. The van der Waals surface area contributed by atoms with Crippen LogP contribution in [0.1, 0.15) is 23.8 Å². The maximum atomic E-state index is 5.95. The van der Waals surface area contributed by atoms with E-state index in [-0.39, 0.29) is 0 Å². The van der Waals surface area contributed by atoms with Gasteiger partial charge in [0.25, 0.3) is 0 Å². The standard InChI is InChI=1S/C16H24N2S2/c1-4-12(11-19-3)18(2)10-14-13-7-5-6-8-15(13)20-16(14)9-17/h5-8,12H,4,9-11,17H2,1-3H3. The molecule has 1 atom stereocenters. The van der Waals surface area contributed by atoms with Crippen LogP contribution in [0.3, 0.4) is 0 Å². The van der Waals surface area contributed by atoms with E-state index in [0.29, 0.717) is 12.6 Å². The van der Waals surface area contributed by atoms with Crippen molar-refractivity contribution in [3.63, 3.8) is 0 Å². The van der Waals surface area contributed by atoms with Crippen molar-refractivity contribution in [2.75, 3.05) is 19.1 Å². The first kappa shape index (κ1) is 15.8. The molecule has 0 aliphatic heterocycles. The summed E-state index contributed by atoms with van der Waals surface area (Å²) < 4.78 is 1.36. The number of rotatable bonds is 7. The molecule has 1 heterocycles. The van der Waals surface area contributed by atoms with Crippen molar-refractivity contribution in [1.82, 2.24) is 4.90 Å². The number of nitrogens with zero attached hydrogens (tertiary/aromatic N) is 1. The normalized spacial score (nSPS) is 13.2. The van der Waals surface area contributed by atoms with Crippen LogP contribution in [0, 0.1) is 0 Å². The van der Waals surface area contributed by atoms with Crippen molar-refractivity contribution in [3.05, 3.63) is 34.7 Å². The van der Waals surface area contributed by atoms with Crippen LogP contribution in [-0.2, 0) is 13.1 Å². The largest absolute Gasteiger partial charge is 0.326 e. The zero-order chi connectivity index (χ0) is 14.5. The lowest BCUT2D eigenvalue weighted by atomic mass is 10.1. The van der Waals surface area contributed by atoms with Gasteiger partial charge in [-0.05, 0) is 36.7 Å². The zero-order valence-electron chi connectivity index (χ0n) is 12.6. The van der Waals surface area contributed by atoms with Gasteiger partial charge in [0.05, 0.1) is 0 Å². The van der Waals surface area contributed by atoms with Gasteiger partial charge in [-0.1, -0.05) is 25.1 Å². The van der Waals surface area contributed by atoms with Gasteiger partial charge in [0.15, 0.2) is 0 Å². The molecule has 4 heteroatoms. The van der Waals surface area contributed by atoms with Gasteiger partial charge in [0.2, 0.25) is 0 Å². The van der Waals surface area contributed by atoms with Gasteiger partial charge in [-0.2, -0.15) is 11.8 Å².